The van der Waals surface area contributed by atoms with Crippen molar-refractivity contribution in [3.63, 3.8) is 0 Å². The van der Waals surface area contributed by atoms with Crippen molar-refractivity contribution in [2.45, 2.75) is 24.8 Å². The van der Waals surface area contributed by atoms with Crippen LogP contribution in [0.25, 0.3) is 0 Å². The lowest BCUT2D eigenvalue weighted by Crippen LogP contribution is -2.61. The second-order valence-electron chi connectivity index (χ2n) is 6.54. The quantitative estimate of drug-likeness (QED) is 0.682. The molecule has 5 nitrogen and oxygen atoms in total. The van der Waals surface area contributed by atoms with Crippen molar-refractivity contribution >= 4 is 5.97 Å². The molecule has 1 unspecified atom stereocenters. The summed E-state index contributed by atoms with van der Waals surface area (Å²) in [5.74, 6) is -1.24. The Balaban J connectivity index is 2.21. The molecule has 0 aromatic heterocycles. The molecule has 3 aliphatic carbocycles. The minimum Gasteiger partial charge on any atom is -0.481 e. The number of carbonyl (C=O) groups is 1. The number of benzene rings is 2. The van der Waals surface area contributed by atoms with E-state index in [1.165, 1.54) is 6.92 Å². The first-order valence-electron chi connectivity index (χ1n) is 7.51. The lowest BCUT2D eigenvalue weighted by atomic mass is 9.48. The topological polar surface area (TPSA) is 80.4 Å². The van der Waals surface area contributed by atoms with Gasteiger partial charge >= 0.3 is 5.97 Å². The summed E-state index contributed by atoms with van der Waals surface area (Å²) in [4.78, 5) is 24.0. The van der Waals surface area contributed by atoms with Crippen molar-refractivity contribution in [1.82, 2.24) is 0 Å². The SMILES string of the molecule is CC1(C(=O)O)CC2c3ccccc3C1([N+](=O)[O-])c1ccccc12. The van der Waals surface area contributed by atoms with E-state index in [4.69, 9.17) is 0 Å². The summed E-state index contributed by atoms with van der Waals surface area (Å²) in [5.41, 5.74) is -0.442. The Hall–Kier alpha value is -2.69. The van der Waals surface area contributed by atoms with Crippen LogP contribution in [0.5, 0.6) is 0 Å². The molecule has 2 aromatic rings. The van der Waals surface area contributed by atoms with Crippen molar-refractivity contribution < 1.29 is 14.8 Å². The molecule has 3 aliphatic rings. The number of aliphatic carboxylic acids is 1. The van der Waals surface area contributed by atoms with Gasteiger partial charge in [0.25, 0.3) is 5.54 Å². The molecule has 5 heteroatoms. The van der Waals surface area contributed by atoms with E-state index in [-0.39, 0.29) is 12.3 Å². The zero-order valence-electron chi connectivity index (χ0n) is 12.5. The third-order valence-corrected chi connectivity index (χ3v) is 5.61. The molecule has 0 spiro atoms. The molecule has 116 valence electrons. The van der Waals surface area contributed by atoms with Gasteiger partial charge in [-0.2, -0.15) is 0 Å². The summed E-state index contributed by atoms with van der Waals surface area (Å²) >= 11 is 0. The van der Waals surface area contributed by atoms with Gasteiger partial charge in [0, 0.05) is 22.0 Å². The molecule has 0 amide bonds. The highest BCUT2D eigenvalue weighted by molar-refractivity contribution is 5.81. The minimum absolute atomic E-state index is 0.120. The molecule has 0 radical (unpaired) electrons. The third kappa shape index (κ3) is 1.36. The fourth-order valence-corrected chi connectivity index (χ4v) is 4.58. The molecular weight excluding hydrogens is 294 g/mol. The first-order valence-corrected chi connectivity index (χ1v) is 7.51. The smallest absolute Gasteiger partial charge is 0.317 e. The van der Waals surface area contributed by atoms with E-state index in [9.17, 15) is 20.0 Å². The van der Waals surface area contributed by atoms with Crippen LogP contribution in [0.15, 0.2) is 48.5 Å². The number of nitrogens with zero attached hydrogens (tertiary/aromatic N) is 1. The number of hydrogen-bond donors (Lipinski definition) is 1. The molecule has 2 bridgehead atoms. The van der Waals surface area contributed by atoms with Crippen LogP contribution in [-0.4, -0.2) is 16.0 Å². The lowest BCUT2D eigenvalue weighted by molar-refractivity contribution is -0.588. The molecule has 1 atom stereocenters. The van der Waals surface area contributed by atoms with Gasteiger partial charge in [-0.1, -0.05) is 48.5 Å². The maximum absolute atomic E-state index is 12.3. The summed E-state index contributed by atoms with van der Waals surface area (Å²) in [7, 11) is 0. The number of hydrogen-bond acceptors (Lipinski definition) is 3. The lowest BCUT2D eigenvalue weighted by Gasteiger charge is -2.51. The van der Waals surface area contributed by atoms with Crippen LogP contribution in [0.4, 0.5) is 0 Å². The zero-order valence-corrected chi connectivity index (χ0v) is 12.5. The number of carboxylic acids is 1. The van der Waals surface area contributed by atoms with Crippen LogP contribution in [0, 0.1) is 15.5 Å². The molecular formula is C18H15NO4. The van der Waals surface area contributed by atoms with Crippen molar-refractivity contribution in [3.05, 3.63) is 80.9 Å². The average Bonchev–Trinajstić information content (AvgIpc) is 2.54. The van der Waals surface area contributed by atoms with Gasteiger partial charge in [0.05, 0.1) is 0 Å². The Morgan fingerprint density at radius 3 is 2.04 bits per heavy atom. The standard InChI is InChI=1S/C18H15NO4/c1-17(16(20)21)10-13-11-6-2-4-8-14(11)18(17,19(22)23)15-9-5-3-7-12(13)15/h2-9,13H,10H2,1H3,(H,20,21). The van der Waals surface area contributed by atoms with E-state index >= 15 is 0 Å². The van der Waals surface area contributed by atoms with E-state index in [1.54, 1.807) is 24.3 Å². The highest BCUT2D eigenvalue weighted by Gasteiger charge is 2.72. The Bertz CT molecular complexity index is 812. The summed E-state index contributed by atoms with van der Waals surface area (Å²) in [6, 6.07) is 14.4. The van der Waals surface area contributed by atoms with Gasteiger partial charge < -0.3 is 5.11 Å². The molecule has 0 aliphatic heterocycles. The van der Waals surface area contributed by atoms with Gasteiger partial charge in [-0.3, -0.25) is 14.9 Å². The first-order chi connectivity index (χ1) is 10.9. The molecule has 0 saturated carbocycles. The van der Waals surface area contributed by atoms with E-state index in [1.807, 2.05) is 24.3 Å². The van der Waals surface area contributed by atoms with Gasteiger partial charge in [0.1, 0.15) is 5.41 Å². The van der Waals surface area contributed by atoms with Crippen LogP contribution in [0.1, 0.15) is 41.5 Å². The monoisotopic (exact) mass is 309 g/mol. The van der Waals surface area contributed by atoms with Crippen LogP contribution < -0.4 is 0 Å². The van der Waals surface area contributed by atoms with Crippen LogP contribution in [0.2, 0.25) is 0 Å². The Morgan fingerprint density at radius 1 is 1.13 bits per heavy atom. The number of rotatable bonds is 2. The normalized spacial score (nSPS) is 30.4. The highest BCUT2D eigenvalue weighted by Crippen LogP contribution is 2.64. The minimum atomic E-state index is -1.75. The van der Waals surface area contributed by atoms with E-state index in [0.29, 0.717) is 11.1 Å². The summed E-state index contributed by atoms with van der Waals surface area (Å²) in [6.07, 6.45) is 0.233. The van der Waals surface area contributed by atoms with Crippen LogP contribution in [0.3, 0.4) is 0 Å². The van der Waals surface area contributed by atoms with E-state index in [2.05, 4.69) is 0 Å². The van der Waals surface area contributed by atoms with Gasteiger partial charge in [0.2, 0.25) is 0 Å². The molecule has 1 N–H and O–H groups in total. The zero-order chi connectivity index (χ0) is 16.4. The predicted molar refractivity (Wildman–Crippen MR) is 82.9 cm³/mol. The number of fused-ring (bicyclic) bond motifs is 1. The maximum Gasteiger partial charge on any atom is 0.317 e. The van der Waals surface area contributed by atoms with Crippen molar-refractivity contribution in [2.75, 3.05) is 0 Å². The Morgan fingerprint density at radius 2 is 1.61 bits per heavy atom. The van der Waals surface area contributed by atoms with Gasteiger partial charge in [-0.25, -0.2) is 0 Å². The molecule has 23 heavy (non-hydrogen) atoms. The molecule has 0 heterocycles. The fraction of sp³-hybridized carbons (Fsp3) is 0.278. The Kier molecular flexibility index (Phi) is 2.54. The number of carboxylic acid groups (broad SMARTS) is 1. The average molecular weight is 309 g/mol. The fourth-order valence-electron chi connectivity index (χ4n) is 4.58. The van der Waals surface area contributed by atoms with Crippen LogP contribution >= 0.6 is 0 Å². The Labute approximate surface area is 132 Å². The molecule has 0 fully saturated rings. The van der Waals surface area contributed by atoms with Gasteiger partial charge in [-0.15, -0.1) is 0 Å². The summed E-state index contributed by atoms with van der Waals surface area (Å²) < 4.78 is 0. The van der Waals surface area contributed by atoms with Gasteiger partial charge in [-0.05, 0) is 24.5 Å². The highest BCUT2D eigenvalue weighted by atomic mass is 16.6. The van der Waals surface area contributed by atoms with Crippen molar-refractivity contribution in [1.29, 1.82) is 0 Å². The van der Waals surface area contributed by atoms with E-state index in [0.717, 1.165) is 11.1 Å². The summed E-state index contributed by atoms with van der Waals surface area (Å²) in [5, 5.41) is 22.2. The second kappa shape index (κ2) is 4.19. The van der Waals surface area contributed by atoms with E-state index < -0.39 is 21.8 Å². The number of nitro groups is 1. The van der Waals surface area contributed by atoms with Crippen molar-refractivity contribution in [2.24, 2.45) is 5.41 Å². The molecule has 2 aromatic carbocycles. The van der Waals surface area contributed by atoms with Gasteiger partial charge in [0.15, 0.2) is 0 Å². The maximum atomic E-state index is 12.3. The molecule has 0 saturated heterocycles. The summed E-state index contributed by atoms with van der Waals surface area (Å²) in [6.45, 7) is 1.51. The largest absolute Gasteiger partial charge is 0.481 e. The third-order valence-electron chi connectivity index (χ3n) is 5.61. The second-order valence-corrected chi connectivity index (χ2v) is 6.54. The van der Waals surface area contributed by atoms with Crippen molar-refractivity contribution in [3.8, 4) is 0 Å². The molecule has 5 rings (SSSR count). The first kappa shape index (κ1) is 13.9. The van der Waals surface area contributed by atoms with Crippen LogP contribution in [-0.2, 0) is 10.3 Å². The predicted octanol–water partition coefficient (Wildman–Crippen LogP) is 3.15.